The molecule has 0 bridgehead atoms. The van der Waals surface area contributed by atoms with Crippen LogP contribution in [0.3, 0.4) is 0 Å². The molecule has 1 aromatic carbocycles. The molecule has 7 nitrogen and oxygen atoms in total. The van der Waals surface area contributed by atoms with Crippen LogP contribution < -0.4 is 15.4 Å². The van der Waals surface area contributed by atoms with Crippen molar-refractivity contribution in [1.82, 2.24) is 15.6 Å². The number of fused-ring (bicyclic) bond motifs is 2. The number of ether oxygens (including phenoxy) is 1. The van der Waals surface area contributed by atoms with Crippen molar-refractivity contribution in [3.05, 3.63) is 48.6 Å². The van der Waals surface area contributed by atoms with Crippen LogP contribution in [0.5, 0.6) is 5.75 Å². The Balaban J connectivity index is 1.25. The van der Waals surface area contributed by atoms with Crippen LogP contribution >= 0.6 is 0 Å². The summed E-state index contributed by atoms with van der Waals surface area (Å²) in [6, 6.07) is 6.26. The van der Waals surface area contributed by atoms with Crippen molar-refractivity contribution in [2.75, 3.05) is 13.2 Å². The molecule has 2 aromatic rings. The number of hydrogen-bond acceptors (Lipinski definition) is 5. The van der Waals surface area contributed by atoms with E-state index in [0.29, 0.717) is 53.1 Å². The molecule has 0 spiro atoms. The molecule has 2 amide bonds. The molecular weight excluding hydrogens is 413 g/mol. The molecule has 3 N–H and O–H groups in total. The van der Waals surface area contributed by atoms with Crippen molar-refractivity contribution in [3.63, 3.8) is 0 Å². The highest BCUT2D eigenvalue weighted by Crippen LogP contribution is 2.61. The van der Waals surface area contributed by atoms with Crippen molar-refractivity contribution in [2.24, 2.45) is 23.7 Å². The Morgan fingerprint density at radius 1 is 1.31 bits per heavy atom. The first-order valence-electron chi connectivity index (χ1n) is 10.9. The summed E-state index contributed by atoms with van der Waals surface area (Å²) < 4.78 is 19.9. The summed E-state index contributed by atoms with van der Waals surface area (Å²) >= 11 is 0. The van der Waals surface area contributed by atoms with Crippen molar-refractivity contribution < 1.29 is 23.8 Å². The van der Waals surface area contributed by atoms with Crippen molar-refractivity contribution in [2.45, 2.75) is 32.3 Å². The minimum Gasteiger partial charge on any atom is -0.490 e. The van der Waals surface area contributed by atoms with Crippen molar-refractivity contribution >= 4 is 22.7 Å². The van der Waals surface area contributed by atoms with Crippen LogP contribution in [0, 0.1) is 29.5 Å². The lowest BCUT2D eigenvalue weighted by Crippen LogP contribution is -2.33. The van der Waals surface area contributed by atoms with E-state index in [2.05, 4.69) is 22.2 Å². The van der Waals surface area contributed by atoms with Crippen molar-refractivity contribution in [3.8, 4) is 5.75 Å². The van der Waals surface area contributed by atoms with Gasteiger partial charge in [-0.05, 0) is 54.9 Å². The number of aromatic nitrogens is 1. The Bertz CT molecular complexity index is 1030. The first kappa shape index (κ1) is 22.2. The Morgan fingerprint density at radius 2 is 2.06 bits per heavy atom. The van der Waals surface area contributed by atoms with Gasteiger partial charge < -0.3 is 20.5 Å². The van der Waals surface area contributed by atoms with Gasteiger partial charge in [0.05, 0.1) is 11.6 Å². The van der Waals surface area contributed by atoms with E-state index in [1.165, 1.54) is 12.1 Å². The summed E-state index contributed by atoms with van der Waals surface area (Å²) in [5.41, 5.74) is 1.25. The number of rotatable bonds is 9. The van der Waals surface area contributed by atoms with Crippen molar-refractivity contribution in [1.29, 1.82) is 0 Å². The molecule has 1 heterocycles. The van der Waals surface area contributed by atoms with Crippen LogP contribution in [0.15, 0.2) is 42.7 Å². The zero-order valence-corrected chi connectivity index (χ0v) is 18.0. The number of aliphatic hydroxyl groups excluding tert-OH is 1. The highest BCUT2D eigenvalue weighted by molar-refractivity contribution is 5.84. The monoisotopic (exact) mass is 441 g/mol. The number of aliphatic hydroxyl groups is 1. The Kier molecular flexibility index (Phi) is 6.41. The Labute approximate surface area is 186 Å². The third-order valence-corrected chi connectivity index (χ3v) is 6.61. The van der Waals surface area contributed by atoms with Gasteiger partial charge in [0.15, 0.2) is 0 Å². The molecule has 2 saturated carbocycles. The molecule has 2 aliphatic carbocycles. The number of carbonyl (C=O) groups excluding carboxylic acids is 2. The van der Waals surface area contributed by atoms with Gasteiger partial charge >= 0.3 is 0 Å². The van der Waals surface area contributed by atoms with Crippen LogP contribution in [0.4, 0.5) is 4.39 Å². The average molecular weight is 442 g/mol. The van der Waals surface area contributed by atoms with Gasteiger partial charge in [-0.25, -0.2) is 4.39 Å². The number of carbonyl (C=O) groups is 2. The highest BCUT2D eigenvalue weighted by Gasteiger charge is 2.59. The lowest BCUT2D eigenvalue weighted by atomic mass is 9.97. The molecule has 0 aliphatic heterocycles. The van der Waals surface area contributed by atoms with E-state index in [0.717, 1.165) is 12.8 Å². The predicted molar refractivity (Wildman–Crippen MR) is 117 cm³/mol. The van der Waals surface area contributed by atoms with E-state index in [1.807, 2.05) is 6.92 Å². The lowest BCUT2D eigenvalue weighted by molar-refractivity contribution is -0.124. The minimum absolute atomic E-state index is 0.0514. The summed E-state index contributed by atoms with van der Waals surface area (Å²) in [5, 5.41) is 14.7. The second-order valence-electron chi connectivity index (χ2n) is 8.73. The number of pyridine rings is 1. The van der Waals surface area contributed by atoms with E-state index in [9.17, 15) is 14.0 Å². The minimum atomic E-state index is -0.556. The van der Waals surface area contributed by atoms with Gasteiger partial charge in [0.2, 0.25) is 11.8 Å². The van der Waals surface area contributed by atoms with E-state index >= 15 is 0 Å². The fourth-order valence-electron chi connectivity index (χ4n) is 4.99. The van der Waals surface area contributed by atoms with Gasteiger partial charge in [-0.15, -0.1) is 0 Å². The first-order valence-corrected chi connectivity index (χ1v) is 10.9. The topological polar surface area (TPSA) is 101 Å². The smallest absolute Gasteiger partial charge is 0.245 e. The number of amides is 2. The zero-order chi connectivity index (χ0) is 22.8. The summed E-state index contributed by atoms with van der Waals surface area (Å²) in [7, 11) is 0. The van der Waals surface area contributed by atoms with Gasteiger partial charge in [-0.1, -0.05) is 13.5 Å². The lowest BCUT2D eigenvalue weighted by Gasteiger charge is -2.20. The molecule has 1 unspecified atom stereocenters. The van der Waals surface area contributed by atoms with Crippen LogP contribution in [-0.2, 0) is 9.59 Å². The van der Waals surface area contributed by atoms with Gasteiger partial charge in [-0.3, -0.25) is 14.6 Å². The number of nitrogens with one attached hydrogen (secondary N) is 2. The molecule has 0 radical (unpaired) electrons. The number of benzene rings is 1. The van der Waals surface area contributed by atoms with Crippen LogP contribution in [-0.4, -0.2) is 41.2 Å². The maximum absolute atomic E-state index is 13.7. The van der Waals surface area contributed by atoms with E-state index in [-0.39, 0.29) is 23.7 Å². The van der Waals surface area contributed by atoms with Gasteiger partial charge in [0.25, 0.3) is 0 Å². The molecule has 0 saturated heterocycles. The van der Waals surface area contributed by atoms with E-state index in [1.54, 1.807) is 18.3 Å². The van der Waals surface area contributed by atoms with Gasteiger partial charge in [0.1, 0.15) is 18.2 Å². The normalized spacial score (nSPS) is 24.5. The molecule has 2 fully saturated rings. The van der Waals surface area contributed by atoms with Crippen LogP contribution in [0.25, 0.3) is 10.9 Å². The Hall–Kier alpha value is -3.00. The summed E-state index contributed by atoms with van der Waals surface area (Å²) in [5.74, 6) is 0.898. The first-order chi connectivity index (χ1) is 15.4. The maximum Gasteiger partial charge on any atom is 0.245 e. The third kappa shape index (κ3) is 4.75. The van der Waals surface area contributed by atoms with E-state index in [4.69, 9.17) is 9.84 Å². The number of hydrogen-bond donors (Lipinski definition) is 3. The highest BCUT2D eigenvalue weighted by atomic mass is 19.1. The summed E-state index contributed by atoms with van der Waals surface area (Å²) in [4.78, 5) is 27.9. The molecule has 8 heteroatoms. The van der Waals surface area contributed by atoms with Crippen LogP contribution in [0.2, 0.25) is 0 Å². The van der Waals surface area contributed by atoms with Crippen LogP contribution in [0.1, 0.15) is 26.2 Å². The second kappa shape index (κ2) is 9.24. The zero-order valence-electron chi connectivity index (χ0n) is 18.0. The molecule has 2 aliphatic rings. The van der Waals surface area contributed by atoms with Gasteiger partial charge in [0, 0.05) is 36.2 Å². The third-order valence-electron chi connectivity index (χ3n) is 6.61. The fourth-order valence-corrected chi connectivity index (χ4v) is 4.99. The summed E-state index contributed by atoms with van der Waals surface area (Å²) in [6.45, 7) is 5.54. The molecule has 4 rings (SSSR count). The molecule has 5 atom stereocenters. The SMILES string of the molecule is C=C(CCNC(=O)CO)NC(=O)C(C)[C@H]1[C@@H]2C[C@@H](Oc3ccnc4ccc(F)cc34)C[C@@H]21. The molecular formula is C24H28FN3O4. The average Bonchev–Trinajstić information content (AvgIpc) is 3.27. The largest absolute Gasteiger partial charge is 0.490 e. The maximum atomic E-state index is 13.7. The number of halogens is 1. The van der Waals surface area contributed by atoms with E-state index < -0.39 is 12.5 Å². The van der Waals surface area contributed by atoms with Gasteiger partial charge in [-0.2, -0.15) is 0 Å². The quantitative estimate of drug-likeness (QED) is 0.555. The predicted octanol–water partition coefficient (Wildman–Crippen LogP) is 2.54. The molecule has 1 aromatic heterocycles. The standard InChI is InChI=1S/C24H28FN3O4/c1-13(5-7-27-22(30)12-29)28-24(31)14(2)23-17-10-16(11-18(17)23)32-21-6-8-26-20-4-3-15(25)9-19(20)21/h3-4,6,8-9,14,16-18,23,29H,1,5,7,10-12H2,2H3,(H,27,30)(H,28,31)/t14?,16-,17-,18+,23+. The second-order valence-corrected chi connectivity index (χ2v) is 8.73. The fraction of sp³-hybridized carbons (Fsp3) is 0.458. The molecule has 170 valence electrons. The molecule has 32 heavy (non-hydrogen) atoms. The summed E-state index contributed by atoms with van der Waals surface area (Å²) in [6.07, 6.45) is 3.89. The Morgan fingerprint density at radius 3 is 2.78 bits per heavy atom. The number of nitrogens with zero attached hydrogens (tertiary/aromatic N) is 1.